The number of nitrogens with one attached hydrogen (secondary N) is 1. The largest absolute Gasteiger partial charge is 0.486 e. The van der Waals surface area contributed by atoms with Crippen LogP contribution in [-0.4, -0.2) is 57.5 Å². The van der Waals surface area contributed by atoms with E-state index < -0.39 is 40.2 Å². The van der Waals surface area contributed by atoms with Crippen molar-refractivity contribution in [2.45, 2.75) is 44.2 Å². The van der Waals surface area contributed by atoms with E-state index in [1.807, 2.05) is 6.92 Å². The van der Waals surface area contributed by atoms with E-state index in [2.05, 4.69) is 5.32 Å². The SMILES string of the molecule is CCCNC(=O)C(CC)N(Cc1c(Cl)cccc1Cl)C(=O)CN(c1ccc(F)cc1)S(=O)(=O)c1ccc2c(c1)OCCO2. The molecule has 0 spiro atoms. The highest BCUT2D eigenvalue weighted by Gasteiger charge is 2.34. The Morgan fingerprint density at radius 3 is 2.26 bits per heavy atom. The number of halogens is 3. The number of amides is 2. The molecule has 0 aliphatic carbocycles. The Hall–Kier alpha value is -3.54. The van der Waals surface area contributed by atoms with Crippen LogP contribution in [0.5, 0.6) is 11.5 Å². The number of fused-ring (bicyclic) bond motifs is 1. The molecule has 4 rings (SSSR count). The number of carbonyl (C=O) groups is 2. The number of benzene rings is 3. The first-order chi connectivity index (χ1) is 20.6. The molecule has 3 aromatic carbocycles. The quantitative estimate of drug-likeness (QED) is 0.280. The first-order valence-electron chi connectivity index (χ1n) is 13.7. The summed E-state index contributed by atoms with van der Waals surface area (Å²) < 4.78 is 54.0. The fraction of sp³-hybridized carbons (Fsp3) is 0.333. The van der Waals surface area contributed by atoms with Crippen LogP contribution in [0.25, 0.3) is 0 Å². The maximum Gasteiger partial charge on any atom is 0.264 e. The van der Waals surface area contributed by atoms with Gasteiger partial charge in [-0.2, -0.15) is 0 Å². The van der Waals surface area contributed by atoms with E-state index in [-0.39, 0.29) is 46.0 Å². The molecule has 0 saturated heterocycles. The van der Waals surface area contributed by atoms with Crippen molar-refractivity contribution in [3.8, 4) is 11.5 Å². The highest BCUT2D eigenvalue weighted by molar-refractivity contribution is 7.92. The standard InChI is InChI=1S/C30H32Cl2FN3O6S/c1-3-14-34-30(38)26(4-2)35(18-23-24(31)6-5-7-25(23)32)29(37)19-36(21-10-8-20(33)9-11-21)43(39,40)22-12-13-27-28(17-22)42-16-15-41-27/h5-13,17,26H,3-4,14-16,18-19H2,1-2H3,(H,34,38). The monoisotopic (exact) mass is 651 g/mol. The molecule has 1 aliphatic heterocycles. The minimum Gasteiger partial charge on any atom is -0.486 e. The van der Waals surface area contributed by atoms with Crippen LogP contribution >= 0.6 is 23.2 Å². The van der Waals surface area contributed by atoms with Gasteiger partial charge < -0.3 is 19.7 Å². The van der Waals surface area contributed by atoms with E-state index in [9.17, 15) is 22.4 Å². The Kier molecular flexibility index (Phi) is 10.8. The normalized spacial score (nSPS) is 13.2. The van der Waals surface area contributed by atoms with E-state index in [4.69, 9.17) is 32.7 Å². The molecule has 2 amide bonds. The summed E-state index contributed by atoms with van der Waals surface area (Å²) in [5.41, 5.74) is 0.452. The predicted molar refractivity (Wildman–Crippen MR) is 163 cm³/mol. The minimum atomic E-state index is -4.41. The molecule has 9 nitrogen and oxygen atoms in total. The second-order valence-corrected chi connectivity index (χ2v) is 12.4. The zero-order valence-corrected chi connectivity index (χ0v) is 26.0. The molecular formula is C30H32Cl2FN3O6S. The molecule has 1 unspecified atom stereocenters. The number of hydrogen-bond donors (Lipinski definition) is 1. The second kappa shape index (κ2) is 14.3. The predicted octanol–water partition coefficient (Wildman–Crippen LogP) is 5.43. The molecule has 13 heteroatoms. The van der Waals surface area contributed by atoms with Crippen molar-refractivity contribution >= 4 is 50.7 Å². The molecule has 230 valence electrons. The summed E-state index contributed by atoms with van der Waals surface area (Å²) in [6.45, 7) is 3.74. The van der Waals surface area contributed by atoms with Crippen LogP contribution in [0.2, 0.25) is 10.0 Å². The van der Waals surface area contributed by atoms with Gasteiger partial charge in [-0.1, -0.05) is 43.1 Å². The number of carbonyl (C=O) groups excluding carboxylic acids is 2. The summed E-state index contributed by atoms with van der Waals surface area (Å²) >= 11 is 12.9. The van der Waals surface area contributed by atoms with E-state index in [1.54, 1.807) is 25.1 Å². The van der Waals surface area contributed by atoms with Crippen LogP contribution in [0.1, 0.15) is 32.3 Å². The highest BCUT2D eigenvalue weighted by atomic mass is 35.5. The fourth-order valence-corrected chi connectivity index (χ4v) is 6.53. The third-order valence-electron chi connectivity index (χ3n) is 6.82. The second-order valence-electron chi connectivity index (χ2n) is 9.73. The zero-order valence-electron chi connectivity index (χ0n) is 23.7. The van der Waals surface area contributed by atoms with Crippen LogP contribution in [-0.2, 0) is 26.2 Å². The lowest BCUT2D eigenvalue weighted by atomic mass is 10.1. The van der Waals surface area contributed by atoms with Crippen molar-refractivity contribution in [1.82, 2.24) is 10.2 Å². The van der Waals surface area contributed by atoms with Crippen LogP contribution < -0.4 is 19.1 Å². The Labute approximate surface area is 260 Å². The van der Waals surface area contributed by atoms with Gasteiger partial charge in [0.05, 0.1) is 10.6 Å². The molecular weight excluding hydrogens is 620 g/mol. The van der Waals surface area contributed by atoms with Gasteiger partial charge >= 0.3 is 0 Å². The van der Waals surface area contributed by atoms with Crippen LogP contribution in [0.4, 0.5) is 10.1 Å². The average Bonchev–Trinajstić information content (AvgIpc) is 3.00. The summed E-state index contributed by atoms with van der Waals surface area (Å²) in [5, 5.41) is 3.38. The van der Waals surface area contributed by atoms with Crippen molar-refractivity contribution in [1.29, 1.82) is 0 Å². The molecule has 1 N–H and O–H groups in total. The number of ether oxygens (including phenoxy) is 2. The van der Waals surface area contributed by atoms with Gasteiger partial charge in [0.2, 0.25) is 11.8 Å². The first kappa shape index (κ1) is 32.4. The number of nitrogens with zero attached hydrogens (tertiary/aromatic N) is 2. The van der Waals surface area contributed by atoms with Gasteiger partial charge in [0.25, 0.3) is 10.0 Å². The molecule has 43 heavy (non-hydrogen) atoms. The Morgan fingerprint density at radius 2 is 1.63 bits per heavy atom. The smallest absolute Gasteiger partial charge is 0.264 e. The topological polar surface area (TPSA) is 105 Å². The summed E-state index contributed by atoms with van der Waals surface area (Å²) in [7, 11) is -4.41. The summed E-state index contributed by atoms with van der Waals surface area (Å²) in [5.74, 6) is -1.04. The average molecular weight is 653 g/mol. The first-order valence-corrected chi connectivity index (χ1v) is 15.9. The van der Waals surface area contributed by atoms with Crippen molar-refractivity contribution in [3.05, 3.63) is 82.1 Å². The van der Waals surface area contributed by atoms with E-state index in [1.165, 1.54) is 35.2 Å². The maximum absolute atomic E-state index is 14.1. The van der Waals surface area contributed by atoms with Gasteiger partial charge in [-0.15, -0.1) is 0 Å². The van der Waals surface area contributed by atoms with Gasteiger partial charge in [-0.05, 0) is 61.4 Å². The highest BCUT2D eigenvalue weighted by Crippen LogP contribution is 2.35. The van der Waals surface area contributed by atoms with Gasteiger partial charge in [-0.3, -0.25) is 13.9 Å². The van der Waals surface area contributed by atoms with E-state index in [0.29, 0.717) is 30.9 Å². The van der Waals surface area contributed by atoms with Crippen molar-refractivity contribution in [3.63, 3.8) is 0 Å². The van der Waals surface area contributed by atoms with Gasteiger partial charge in [0.15, 0.2) is 11.5 Å². The third kappa shape index (κ3) is 7.52. The Bertz CT molecular complexity index is 1550. The minimum absolute atomic E-state index is 0.0452. The number of anilines is 1. The van der Waals surface area contributed by atoms with E-state index in [0.717, 1.165) is 16.4 Å². The van der Waals surface area contributed by atoms with Crippen molar-refractivity contribution in [2.24, 2.45) is 0 Å². The lowest BCUT2D eigenvalue weighted by Crippen LogP contribution is -2.52. The number of rotatable bonds is 12. The molecule has 0 radical (unpaired) electrons. The number of sulfonamides is 1. The molecule has 1 aliphatic rings. The number of hydrogen-bond acceptors (Lipinski definition) is 6. The summed E-state index contributed by atoms with van der Waals surface area (Å²) in [6, 6.07) is 12.8. The van der Waals surface area contributed by atoms with Crippen LogP contribution in [0.15, 0.2) is 65.6 Å². The maximum atomic E-state index is 14.1. The lowest BCUT2D eigenvalue weighted by molar-refractivity contribution is -0.140. The fourth-order valence-electron chi connectivity index (χ4n) is 4.59. The Morgan fingerprint density at radius 1 is 0.977 bits per heavy atom. The summed E-state index contributed by atoms with van der Waals surface area (Å²) in [6.07, 6.45) is 0.910. The molecule has 3 aromatic rings. The molecule has 0 saturated carbocycles. The van der Waals surface area contributed by atoms with Gasteiger partial charge in [0, 0.05) is 34.8 Å². The summed E-state index contributed by atoms with van der Waals surface area (Å²) in [4.78, 5) is 28.5. The molecule has 0 bridgehead atoms. The molecule has 1 atom stereocenters. The van der Waals surface area contributed by atoms with Gasteiger partial charge in [0.1, 0.15) is 31.6 Å². The van der Waals surface area contributed by atoms with Crippen molar-refractivity contribution < 1.29 is 31.9 Å². The van der Waals surface area contributed by atoms with Gasteiger partial charge in [-0.25, -0.2) is 12.8 Å². The zero-order chi connectivity index (χ0) is 31.1. The molecule has 1 heterocycles. The molecule has 0 aromatic heterocycles. The van der Waals surface area contributed by atoms with Crippen molar-refractivity contribution in [2.75, 3.05) is 30.6 Å². The lowest BCUT2D eigenvalue weighted by Gasteiger charge is -2.33. The Balaban J connectivity index is 1.76. The van der Waals surface area contributed by atoms with E-state index >= 15 is 0 Å². The molecule has 0 fully saturated rings. The third-order valence-corrected chi connectivity index (χ3v) is 9.30. The van der Waals surface area contributed by atoms with Crippen LogP contribution in [0.3, 0.4) is 0 Å². The van der Waals surface area contributed by atoms with Crippen LogP contribution in [0, 0.1) is 5.82 Å².